The molecule has 0 saturated carbocycles. The van der Waals surface area contributed by atoms with Gasteiger partial charge >= 0.3 is 5.97 Å². The quantitative estimate of drug-likeness (QED) is 0.883. The van der Waals surface area contributed by atoms with E-state index in [1.807, 2.05) is 18.2 Å². The largest absolute Gasteiger partial charge is 0.488 e. The van der Waals surface area contributed by atoms with Crippen molar-refractivity contribution in [3.05, 3.63) is 28.2 Å². The molecular formula is C10H9BrO3. The fourth-order valence-electron chi connectivity index (χ4n) is 1.61. The molecule has 0 radical (unpaired) electrons. The zero-order valence-electron chi connectivity index (χ0n) is 7.37. The fourth-order valence-corrected chi connectivity index (χ4v) is 2.11. The SMILES string of the molecule is O=C(O)CC1Cc2cccc(Br)c2O1. The fraction of sp³-hybridized carbons (Fsp3) is 0.300. The number of benzene rings is 1. The third-order valence-electron chi connectivity index (χ3n) is 2.18. The van der Waals surface area contributed by atoms with Gasteiger partial charge in [0.1, 0.15) is 11.9 Å². The monoisotopic (exact) mass is 256 g/mol. The Bertz CT molecular complexity index is 376. The Kier molecular flexibility index (Phi) is 2.46. The number of carboxylic acids is 1. The summed E-state index contributed by atoms with van der Waals surface area (Å²) >= 11 is 3.37. The standard InChI is InChI=1S/C10H9BrO3/c11-8-3-1-2-6-4-7(5-9(12)13)14-10(6)8/h1-3,7H,4-5H2,(H,12,13). The molecule has 1 heterocycles. The number of rotatable bonds is 2. The first-order valence-corrected chi connectivity index (χ1v) is 5.12. The Hall–Kier alpha value is -1.03. The highest BCUT2D eigenvalue weighted by Gasteiger charge is 2.26. The van der Waals surface area contributed by atoms with E-state index in [4.69, 9.17) is 9.84 Å². The van der Waals surface area contributed by atoms with Crippen LogP contribution in [0.15, 0.2) is 22.7 Å². The van der Waals surface area contributed by atoms with E-state index in [0.717, 1.165) is 15.8 Å². The number of hydrogen-bond acceptors (Lipinski definition) is 2. The molecule has 0 amide bonds. The molecule has 0 aliphatic carbocycles. The number of para-hydroxylation sites is 1. The Morgan fingerprint density at radius 3 is 3.07 bits per heavy atom. The van der Waals surface area contributed by atoms with Crippen molar-refractivity contribution in [1.82, 2.24) is 0 Å². The molecule has 0 saturated heterocycles. The second-order valence-electron chi connectivity index (χ2n) is 3.27. The van der Waals surface area contributed by atoms with Crippen molar-refractivity contribution >= 4 is 21.9 Å². The van der Waals surface area contributed by atoms with Gasteiger partial charge in [0.15, 0.2) is 0 Å². The van der Waals surface area contributed by atoms with Gasteiger partial charge < -0.3 is 9.84 Å². The summed E-state index contributed by atoms with van der Waals surface area (Å²) in [6, 6.07) is 5.78. The number of fused-ring (bicyclic) bond motifs is 1. The number of aliphatic carboxylic acids is 1. The van der Waals surface area contributed by atoms with Gasteiger partial charge in [0.2, 0.25) is 0 Å². The summed E-state index contributed by atoms with van der Waals surface area (Å²) in [6.45, 7) is 0. The molecule has 1 atom stereocenters. The van der Waals surface area contributed by atoms with Gasteiger partial charge in [-0.15, -0.1) is 0 Å². The van der Waals surface area contributed by atoms with Crippen molar-refractivity contribution in [3.63, 3.8) is 0 Å². The van der Waals surface area contributed by atoms with Gasteiger partial charge in [-0.05, 0) is 27.6 Å². The summed E-state index contributed by atoms with van der Waals surface area (Å²) in [6.07, 6.45) is 0.517. The third-order valence-corrected chi connectivity index (χ3v) is 2.81. The van der Waals surface area contributed by atoms with Crippen LogP contribution in [-0.4, -0.2) is 17.2 Å². The van der Waals surface area contributed by atoms with Crippen LogP contribution in [0.2, 0.25) is 0 Å². The number of carboxylic acid groups (broad SMARTS) is 1. The van der Waals surface area contributed by atoms with Crippen LogP contribution in [0.5, 0.6) is 5.75 Å². The lowest BCUT2D eigenvalue weighted by Gasteiger charge is -2.07. The minimum absolute atomic E-state index is 0.0567. The zero-order chi connectivity index (χ0) is 10.1. The lowest BCUT2D eigenvalue weighted by molar-refractivity contribution is -0.138. The van der Waals surface area contributed by atoms with Crippen molar-refractivity contribution in [2.45, 2.75) is 18.9 Å². The van der Waals surface area contributed by atoms with Crippen LogP contribution >= 0.6 is 15.9 Å². The Morgan fingerprint density at radius 1 is 1.64 bits per heavy atom. The molecule has 1 aliphatic rings. The smallest absolute Gasteiger partial charge is 0.307 e. The Labute approximate surface area is 89.8 Å². The highest BCUT2D eigenvalue weighted by molar-refractivity contribution is 9.10. The van der Waals surface area contributed by atoms with Gasteiger partial charge in [-0.2, -0.15) is 0 Å². The summed E-state index contributed by atoms with van der Waals surface area (Å²) in [5.74, 6) is -0.0299. The second kappa shape index (κ2) is 3.61. The van der Waals surface area contributed by atoms with Crippen molar-refractivity contribution < 1.29 is 14.6 Å². The molecule has 1 unspecified atom stereocenters. The lowest BCUT2D eigenvalue weighted by Crippen LogP contribution is -2.17. The molecule has 4 heteroatoms. The summed E-state index contributed by atoms with van der Waals surface area (Å²) in [5, 5.41) is 8.63. The maximum atomic E-state index is 10.5. The summed E-state index contributed by atoms with van der Waals surface area (Å²) in [4.78, 5) is 10.5. The van der Waals surface area contributed by atoms with Crippen LogP contribution in [0, 0.1) is 0 Å². The average Bonchev–Trinajstić information content (AvgIpc) is 2.47. The molecule has 14 heavy (non-hydrogen) atoms. The highest BCUT2D eigenvalue weighted by atomic mass is 79.9. The molecule has 1 N–H and O–H groups in total. The number of ether oxygens (including phenoxy) is 1. The van der Waals surface area contributed by atoms with Crippen molar-refractivity contribution in [1.29, 1.82) is 0 Å². The van der Waals surface area contributed by atoms with E-state index in [-0.39, 0.29) is 12.5 Å². The lowest BCUT2D eigenvalue weighted by atomic mass is 10.1. The van der Waals surface area contributed by atoms with E-state index < -0.39 is 5.97 Å². The number of halogens is 1. The topological polar surface area (TPSA) is 46.5 Å². The Morgan fingerprint density at radius 2 is 2.43 bits per heavy atom. The Balaban J connectivity index is 2.18. The normalized spacial score (nSPS) is 18.8. The van der Waals surface area contributed by atoms with Crippen LogP contribution in [0.1, 0.15) is 12.0 Å². The van der Waals surface area contributed by atoms with E-state index in [1.165, 1.54) is 0 Å². The molecule has 0 spiro atoms. The molecule has 1 aromatic rings. The van der Waals surface area contributed by atoms with Crippen LogP contribution < -0.4 is 4.74 Å². The van der Waals surface area contributed by atoms with E-state index in [2.05, 4.69) is 15.9 Å². The average molecular weight is 257 g/mol. The highest BCUT2D eigenvalue weighted by Crippen LogP contribution is 2.36. The van der Waals surface area contributed by atoms with Gasteiger partial charge in [-0.25, -0.2) is 0 Å². The van der Waals surface area contributed by atoms with Gasteiger partial charge in [0.25, 0.3) is 0 Å². The predicted molar refractivity (Wildman–Crippen MR) is 54.5 cm³/mol. The third kappa shape index (κ3) is 1.75. The van der Waals surface area contributed by atoms with Crippen LogP contribution in [0.4, 0.5) is 0 Å². The summed E-state index contributed by atoms with van der Waals surface area (Å²) in [7, 11) is 0. The molecule has 2 rings (SSSR count). The van der Waals surface area contributed by atoms with Gasteiger partial charge in [0.05, 0.1) is 10.9 Å². The van der Waals surface area contributed by atoms with Gasteiger partial charge in [-0.1, -0.05) is 12.1 Å². The molecule has 0 aromatic heterocycles. The first-order chi connectivity index (χ1) is 6.66. The van der Waals surface area contributed by atoms with Crippen LogP contribution in [0.25, 0.3) is 0 Å². The summed E-state index contributed by atoms with van der Waals surface area (Å²) < 4.78 is 6.41. The van der Waals surface area contributed by atoms with Crippen molar-refractivity contribution in [2.75, 3.05) is 0 Å². The van der Waals surface area contributed by atoms with E-state index in [0.29, 0.717) is 6.42 Å². The molecule has 1 aromatic carbocycles. The first-order valence-electron chi connectivity index (χ1n) is 4.32. The van der Waals surface area contributed by atoms with Gasteiger partial charge in [0, 0.05) is 6.42 Å². The van der Waals surface area contributed by atoms with Crippen LogP contribution in [0.3, 0.4) is 0 Å². The van der Waals surface area contributed by atoms with Crippen molar-refractivity contribution in [2.24, 2.45) is 0 Å². The predicted octanol–water partition coefficient (Wildman–Crippen LogP) is 2.23. The van der Waals surface area contributed by atoms with E-state index in [9.17, 15) is 4.79 Å². The minimum atomic E-state index is -0.820. The molecule has 0 bridgehead atoms. The zero-order valence-corrected chi connectivity index (χ0v) is 8.95. The molecule has 74 valence electrons. The minimum Gasteiger partial charge on any atom is -0.488 e. The second-order valence-corrected chi connectivity index (χ2v) is 4.12. The first kappa shape index (κ1) is 9.52. The van der Waals surface area contributed by atoms with Crippen LogP contribution in [-0.2, 0) is 11.2 Å². The van der Waals surface area contributed by atoms with E-state index >= 15 is 0 Å². The maximum absolute atomic E-state index is 10.5. The van der Waals surface area contributed by atoms with Gasteiger partial charge in [-0.3, -0.25) is 4.79 Å². The molecular weight excluding hydrogens is 248 g/mol. The molecule has 1 aliphatic heterocycles. The molecule has 3 nitrogen and oxygen atoms in total. The maximum Gasteiger partial charge on any atom is 0.307 e. The number of hydrogen-bond donors (Lipinski definition) is 1. The van der Waals surface area contributed by atoms with E-state index in [1.54, 1.807) is 0 Å². The van der Waals surface area contributed by atoms with Crippen molar-refractivity contribution in [3.8, 4) is 5.75 Å². The summed E-state index contributed by atoms with van der Waals surface area (Å²) in [5.41, 5.74) is 1.07. The number of carbonyl (C=O) groups is 1. The molecule has 0 fully saturated rings.